The number of aliphatic hydroxyl groups excluding tert-OH is 2. The number of nitrogens with zero attached hydrogens (tertiary/aromatic N) is 9. The van der Waals surface area contributed by atoms with Crippen molar-refractivity contribution in [2.24, 2.45) is 0 Å². The predicted octanol–water partition coefficient (Wildman–Crippen LogP) is 4.44. The van der Waals surface area contributed by atoms with E-state index in [1.807, 2.05) is 23.6 Å². The lowest BCUT2D eigenvalue weighted by Gasteiger charge is -2.24. The molecule has 0 bridgehead atoms. The Morgan fingerprint density at radius 3 is 2.18 bits per heavy atom. The van der Waals surface area contributed by atoms with E-state index in [1.54, 1.807) is 17.3 Å². The minimum atomic E-state index is -5.08. The highest BCUT2D eigenvalue weighted by Gasteiger charge is 2.45. The van der Waals surface area contributed by atoms with Crippen molar-refractivity contribution in [1.82, 2.24) is 39.4 Å². The Bertz CT molecular complexity index is 2000. The molecule has 3 aromatic heterocycles. The summed E-state index contributed by atoms with van der Waals surface area (Å²) in [5.74, 6) is -1.33. The largest absolute Gasteiger partial charge is 0.490 e. The van der Waals surface area contributed by atoms with Gasteiger partial charge in [-0.25, -0.2) is 9.78 Å². The first-order valence-electron chi connectivity index (χ1n) is 18.7. The molecular weight excluding hydrogens is 717 g/mol. The number of carboxylic acids is 1. The number of fused-ring (bicyclic) bond motifs is 1. The molecule has 3 fully saturated rings. The van der Waals surface area contributed by atoms with Gasteiger partial charge in [0.1, 0.15) is 18.2 Å². The molecule has 292 valence electrons. The molecule has 1 saturated carbocycles. The number of alkyl halides is 3. The first-order chi connectivity index (χ1) is 26.5. The zero-order valence-corrected chi connectivity index (χ0v) is 30.4. The van der Waals surface area contributed by atoms with Crippen LogP contribution in [0.15, 0.2) is 73.2 Å². The number of aryl methyl sites for hydroxylation is 1. The number of nitrogens with one attached hydrogen (secondary N) is 1. The number of likely N-dealkylation sites (tertiary alicyclic amines) is 1. The summed E-state index contributed by atoms with van der Waals surface area (Å²) in [6, 6.07) is 20.6. The topological polar surface area (TPSA) is 171 Å². The van der Waals surface area contributed by atoms with Crippen molar-refractivity contribution in [1.29, 1.82) is 0 Å². The summed E-state index contributed by atoms with van der Waals surface area (Å²) >= 11 is 0. The molecule has 0 radical (unpaired) electrons. The predicted molar refractivity (Wildman–Crippen MR) is 198 cm³/mol. The van der Waals surface area contributed by atoms with Gasteiger partial charge < -0.3 is 30.1 Å². The third-order valence-corrected chi connectivity index (χ3v) is 10.8. The number of carboxylic acid groups (broad SMARTS) is 1. The Hall–Kier alpha value is -5.13. The van der Waals surface area contributed by atoms with E-state index in [4.69, 9.17) is 24.9 Å². The van der Waals surface area contributed by atoms with Crippen LogP contribution < -0.4 is 10.2 Å². The molecule has 4 N–H and O–H groups in total. The zero-order valence-electron chi connectivity index (χ0n) is 30.4. The van der Waals surface area contributed by atoms with Crippen molar-refractivity contribution < 1.29 is 33.3 Å². The summed E-state index contributed by atoms with van der Waals surface area (Å²) in [6.45, 7) is 6.72. The quantitative estimate of drug-likeness (QED) is 0.158. The average Bonchev–Trinajstić information content (AvgIpc) is 4.04. The lowest BCUT2D eigenvalue weighted by Crippen LogP contribution is -2.35. The molecule has 2 saturated heterocycles. The number of rotatable bonds is 10. The van der Waals surface area contributed by atoms with Crippen molar-refractivity contribution in [3.8, 4) is 0 Å². The Labute approximate surface area is 315 Å². The van der Waals surface area contributed by atoms with Gasteiger partial charge in [-0.05, 0) is 56.3 Å². The summed E-state index contributed by atoms with van der Waals surface area (Å²) < 4.78 is 33.7. The Morgan fingerprint density at radius 2 is 1.58 bits per heavy atom. The lowest BCUT2D eigenvalue weighted by atomic mass is 9.91. The number of aliphatic hydroxyl groups is 2. The molecule has 5 heterocycles. The first kappa shape index (κ1) is 38.2. The van der Waals surface area contributed by atoms with Gasteiger partial charge in [-0.15, -0.1) is 0 Å². The molecule has 1 aliphatic carbocycles. The second kappa shape index (κ2) is 16.3. The Morgan fingerprint density at radius 1 is 0.945 bits per heavy atom. The van der Waals surface area contributed by atoms with Gasteiger partial charge >= 0.3 is 12.1 Å². The van der Waals surface area contributed by atoms with Crippen molar-refractivity contribution >= 4 is 28.9 Å². The van der Waals surface area contributed by atoms with E-state index in [0.717, 1.165) is 44.7 Å². The van der Waals surface area contributed by atoms with Gasteiger partial charge in [0.05, 0.1) is 24.3 Å². The van der Waals surface area contributed by atoms with Gasteiger partial charge in [0.25, 0.3) is 0 Å². The molecule has 2 aliphatic heterocycles. The second-order valence-electron chi connectivity index (χ2n) is 14.2. The summed E-state index contributed by atoms with van der Waals surface area (Å²) in [7, 11) is 0. The Balaban J connectivity index is 0.000000609. The number of imidazole rings is 1. The van der Waals surface area contributed by atoms with Crippen molar-refractivity contribution in [3.63, 3.8) is 0 Å². The normalized spacial score (nSPS) is 23.0. The maximum absolute atomic E-state index is 11.4. The van der Waals surface area contributed by atoms with E-state index < -0.39 is 36.4 Å². The van der Waals surface area contributed by atoms with Gasteiger partial charge in [-0.2, -0.15) is 38.1 Å². The SMILES string of the molecule is CCc1cnn([C@H]2C[C@@H](n3cnc4c(NCC(c5ccccc5)c5ccccc5)nc(N5CC[C@@H](N6CCCC6)C5)nc43)[C@H](O)[C@@H]2O)n1.O=C(O)C(F)(F)F. The van der Waals surface area contributed by atoms with Crippen LogP contribution >= 0.6 is 0 Å². The summed E-state index contributed by atoms with van der Waals surface area (Å²) in [4.78, 5) is 30.4. The van der Waals surface area contributed by atoms with E-state index in [-0.39, 0.29) is 5.92 Å². The van der Waals surface area contributed by atoms with Gasteiger partial charge in [0.2, 0.25) is 5.95 Å². The van der Waals surface area contributed by atoms with Crippen LogP contribution in [0, 0.1) is 0 Å². The molecule has 0 unspecified atom stereocenters. The Kier molecular flexibility index (Phi) is 11.3. The van der Waals surface area contributed by atoms with Crippen LogP contribution in [0.4, 0.5) is 24.9 Å². The summed E-state index contributed by atoms with van der Waals surface area (Å²) in [5.41, 5.74) is 4.57. The number of hydrogen-bond acceptors (Lipinski definition) is 11. The van der Waals surface area contributed by atoms with E-state index in [2.05, 4.69) is 73.8 Å². The molecule has 14 nitrogen and oxygen atoms in total. The van der Waals surface area contributed by atoms with E-state index in [1.165, 1.54) is 24.0 Å². The summed E-state index contributed by atoms with van der Waals surface area (Å²) in [5, 5.41) is 42.3. The van der Waals surface area contributed by atoms with E-state index >= 15 is 0 Å². The minimum absolute atomic E-state index is 0.0939. The number of benzene rings is 2. The average molecular weight is 763 g/mol. The highest BCUT2D eigenvalue weighted by molar-refractivity contribution is 5.84. The molecular formula is C38H45F3N10O4. The molecule has 5 aromatic rings. The molecule has 0 spiro atoms. The number of anilines is 2. The maximum Gasteiger partial charge on any atom is 0.490 e. The molecule has 17 heteroatoms. The number of aromatic nitrogens is 7. The third-order valence-electron chi connectivity index (χ3n) is 10.8. The van der Waals surface area contributed by atoms with Crippen LogP contribution in [-0.4, -0.2) is 118 Å². The third kappa shape index (κ3) is 8.28. The molecule has 55 heavy (non-hydrogen) atoms. The number of aliphatic carboxylic acids is 1. The zero-order chi connectivity index (χ0) is 38.7. The fraction of sp³-hybridized carbons (Fsp3) is 0.474. The number of hydrogen-bond donors (Lipinski definition) is 4. The van der Waals surface area contributed by atoms with Crippen LogP contribution in [0.2, 0.25) is 0 Å². The van der Waals surface area contributed by atoms with Crippen LogP contribution in [0.5, 0.6) is 0 Å². The fourth-order valence-electron chi connectivity index (χ4n) is 7.86. The smallest absolute Gasteiger partial charge is 0.475 e. The molecule has 5 atom stereocenters. The maximum atomic E-state index is 11.4. The van der Waals surface area contributed by atoms with Crippen molar-refractivity contribution in [2.45, 2.75) is 81.5 Å². The van der Waals surface area contributed by atoms with Gasteiger partial charge in [0, 0.05) is 31.6 Å². The van der Waals surface area contributed by atoms with E-state index in [9.17, 15) is 23.4 Å². The van der Waals surface area contributed by atoms with Gasteiger partial charge in [-0.1, -0.05) is 67.6 Å². The van der Waals surface area contributed by atoms with E-state index in [0.29, 0.717) is 41.9 Å². The lowest BCUT2D eigenvalue weighted by molar-refractivity contribution is -0.192. The molecule has 2 aromatic carbocycles. The minimum Gasteiger partial charge on any atom is -0.475 e. The summed E-state index contributed by atoms with van der Waals surface area (Å²) in [6.07, 6.45) is 1.11. The van der Waals surface area contributed by atoms with Gasteiger partial charge in [0.15, 0.2) is 17.0 Å². The van der Waals surface area contributed by atoms with Crippen LogP contribution in [0.1, 0.15) is 67.4 Å². The number of carbonyl (C=O) groups is 1. The van der Waals surface area contributed by atoms with Crippen LogP contribution in [-0.2, 0) is 11.2 Å². The highest BCUT2D eigenvalue weighted by Crippen LogP contribution is 2.40. The van der Waals surface area contributed by atoms with Crippen LogP contribution in [0.25, 0.3) is 11.2 Å². The second-order valence-corrected chi connectivity index (χ2v) is 14.2. The molecule has 8 rings (SSSR count). The van der Waals surface area contributed by atoms with Gasteiger partial charge in [-0.3, -0.25) is 4.90 Å². The number of halogens is 3. The molecule has 0 amide bonds. The standard InChI is InChI=1S/C36H44N10O2.C2HF3O2/c1-2-26-20-39-46(42-26)30-19-29(32(47)33(30)48)45-23-38-31-34(37-21-28(24-11-5-3-6-12-24)25-13-7-4-8-14-25)40-36(41-35(31)45)44-18-15-27(22-44)43-16-9-10-17-43;3-2(4,5)1(6)7/h3-8,11-14,20,23,27-30,32-33,47-48H,2,9-10,15-19,21-22H2,1H3,(H,37,40,41);(H,6,7)/t27-,29-,30+,32+,33-;/m1./s1. The van der Waals surface area contributed by atoms with Crippen LogP contribution in [0.3, 0.4) is 0 Å². The first-order valence-corrected chi connectivity index (χ1v) is 18.7. The monoisotopic (exact) mass is 762 g/mol. The highest BCUT2D eigenvalue weighted by atomic mass is 19.4. The van der Waals surface area contributed by atoms with Crippen molar-refractivity contribution in [2.75, 3.05) is 42.9 Å². The molecule has 3 aliphatic rings. The van der Waals surface area contributed by atoms with Crippen molar-refractivity contribution in [3.05, 3.63) is 90.0 Å². The fourth-order valence-corrected chi connectivity index (χ4v) is 7.86.